The molecule has 1 fully saturated rings. The average molecular weight is 409 g/mol. The highest BCUT2D eigenvalue weighted by Crippen LogP contribution is 2.31. The predicted molar refractivity (Wildman–Crippen MR) is 112 cm³/mol. The van der Waals surface area contributed by atoms with Crippen LogP contribution in [0.25, 0.3) is 0 Å². The van der Waals surface area contributed by atoms with Crippen LogP contribution < -0.4 is 4.74 Å². The number of unbranched alkanes of at least 4 members (excludes halogenated alkanes) is 2. The molecule has 1 saturated carbocycles. The molecular weight excluding hydrogens is 374 g/mol. The molecule has 0 aliphatic heterocycles. The molecule has 0 N–H and O–H groups in total. The van der Waals surface area contributed by atoms with Crippen LogP contribution in [0.3, 0.4) is 0 Å². The van der Waals surface area contributed by atoms with Gasteiger partial charge in [-0.1, -0.05) is 25.3 Å². The molecule has 0 unspecified atom stereocenters. The molecule has 2 rings (SSSR count). The van der Waals surface area contributed by atoms with Gasteiger partial charge in [0.25, 0.3) is 0 Å². The molecule has 6 heteroatoms. The van der Waals surface area contributed by atoms with E-state index in [9.17, 15) is 13.6 Å². The third-order valence-corrected chi connectivity index (χ3v) is 5.79. The summed E-state index contributed by atoms with van der Waals surface area (Å²) in [5.74, 6) is -0.905. The summed E-state index contributed by atoms with van der Waals surface area (Å²) in [6.07, 6.45) is 10.4. The van der Waals surface area contributed by atoms with Gasteiger partial charge in [0.15, 0.2) is 0 Å². The molecule has 1 aliphatic rings. The number of halogens is 2. The lowest BCUT2D eigenvalue weighted by atomic mass is 9.82. The smallest absolute Gasteiger partial charge is 0.410 e. The molecule has 0 radical (unpaired) electrons. The van der Waals surface area contributed by atoms with Gasteiger partial charge in [-0.15, -0.1) is 6.58 Å². The number of likely N-dealkylation sites (N-methyl/N-ethyl adjacent to an activating group) is 1. The number of amides is 1. The van der Waals surface area contributed by atoms with Crippen molar-refractivity contribution in [3.8, 4) is 5.75 Å². The van der Waals surface area contributed by atoms with Gasteiger partial charge in [-0.05, 0) is 51.6 Å². The first-order valence-electron chi connectivity index (χ1n) is 10.6. The van der Waals surface area contributed by atoms with E-state index in [1.807, 2.05) is 6.08 Å². The number of hydrogen-bond donors (Lipinski definition) is 0. The molecule has 0 atom stereocenters. The average Bonchev–Trinajstić information content (AvgIpc) is 2.67. The summed E-state index contributed by atoms with van der Waals surface area (Å²) >= 11 is 0. The summed E-state index contributed by atoms with van der Waals surface area (Å²) in [7, 11) is 3.82. The highest BCUT2D eigenvalue weighted by atomic mass is 19.1. The van der Waals surface area contributed by atoms with Crippen LogP contribution in [0, 0.1) is 17.6 Å². The minimum atomic E-state index is -0.761. The van der Waals surface area contributed by atoms with Crippen LogP contribution in [0.5, 0.6) is 5.75 Å². The molecule has 1 aromatic rings. The first-order valence-corrected chi connectivity index (χ1v) is 10.6. The second-order valence-electron chi connectivity index (χ2n) is 8.16. The maximum atomic E-state index is 13.3. The van der Waals surface area contributed by atoms with Crippen LogP contribution in [0.15, 0.2) is 30.9 Å². The predicted octanol–water partition coefficient (Wildman–Crippen LogP) is 5.63. The summed E-state index contributed by atoms with van der Waals surface area (Å²) in [6, 6.07) is 2.90. The Labute approximate surface area is 173 Å². The zero-order valence-electron chi connectivity index (χ0n) is 17.7. The highest BCUT2D eigenvalue weighted by Gasteiger charge is 2.27. The lowest BCUT2D eigenvalue weighted by Gasteiger charge is -2.34. The van der Waals surface area contributed by atoms with E-state index < -0.39 is 17.7 Å². The number of carbonyl (C=O) groups is 1. The zero-order chi connectivity index (χ0) is 21.2. The van der Waals surface area contributed by atoms with Crippen molar-refractivity contribution in [3.05, 3.63) is 42.5 Å². The molecule has 0 bridgehead atoms. The third-order valence-electron chi connectivity index (χ3n) is 5.79. The van der Waals surface area contributed by atoms with Gasteiger partial charge in [0.2, 0.25) is 0 Å². The minimum Gasteiger partial charge on any atom is -0.410 e. The Balaban J connectivity index is 1.66. The van der Waals surface area contributed by atoms with E-state index in [-0.39, 0.29) is 11.8 Å². The van der Waals surface area contributed by atoms with Gasteiger partial charge in [-0.2, -0.15) is 0 Å². The Morgan fingerprint density at radius 3 is 2.38 bits per heavy atom. The van der Waals surface area contributed by atoms with E-state index in [0.29, 0.717) is 0 Å². The van der Waals surface area contributed by atoms with Crippen molar-refractivity contribution in [1.82, 2.24) is 9.80 Å². The fourth-order valence-corrected chi connectivity index (χ4v) is 4.03. The Kier molecular flexibility index (Phi) is 9.58. The maximum Gasteiger partial charge on any atom is 0.415 e. The first-order chi connectivity index (χ1) is 13.9. The van der Waals surface area contributed by atoms with Crippen molar-refractivity contribution in [3.63, 3.8) is 0 Å². The minimum absolute atomic E-state index is 0.105. The fraction of sp³-hybridized carbons (Fsp3) is 0.609. The largest absolute Gasteiger partial charge is 0.415 e. The van der Waals surface area contributed by atoms with Gasteiger partial charge in [-0.25, -0.2) is 13.6 Å². The number of ether oxygens (including phenoxy) is 1. The molecule has 1 aliphatic carbocycles. The topological polar surface area (TPSA) is 32.8 Å². The molecular formula is C23H34F2N2O2. The molecule has 4 nitrogen and oxygen atoms in total. The number of hydrogen-bond acceptors (Lipinski definition) is 3. The quantitative estimate of drug-likeness (QED) is 0.371. The van der Waals surface area contributed by atoms with Gasteiger partial charge in [-0.3, -0.25) is 0 Å². The normalized spacial score (nSPS) is 19.2. The van der Waals surface area contributed by atoms with Crippen molar-refractivity contribution in [2.24, 2.45) is 5.92 Å². The van der Waals surface area contributed by atoms with E-state index >= 15 is 0 Å². The van der Waals surface area contributed by atoms with Gasteiger partial charge < -0.3 is 14.5 Å². The molecule has 0 spiro atoms. The zero-order valence-corrected chi connectivity index (χ0v) is 17.7. The van der Waals surface area contributed by atoms with Gasteiger partial charge in [0, 0.05) is 37.8 Å². The third kappa shape index (κ3) is 8.13. The van der Waals surface area contributed by atoms with Gasteiger partial charge in [0.05, 0.1) is 0 Å². The Hall–Kier alpha value is -1.95. The van der Waals surface area contributed by atoms with Crippen LogP contribution in [0.4, 0.5) is 13.6 Å². The standard InChI is InChI=1S/C23H34F2N2O2/c1-4-13-26(2)14-7-5-6-8-18-9-11-21(12-10-18)27(3)23(28)29-22-16-19(24)15-20(25)17-22/h4,15-18,21H,1,5-14H2,2-3H3. The summed E-state index contributed by atoms with van der Waals surface area (Å²) in [4.78, 5) is 16.2. The molecule has 29 heavy (non-hydrogen) atoms. The van der Waals surface area contributed by atoms with E-state index in [4.69, 9.17) is 4.74 Å². The van der Waals surface area contributed by atoms with E-state index in [1.165, 1.54) is 25.7 Å². The van der Waals surface area contributed by atoms with Crippen LogP contribution >= 0.6 is 0 Å². The molecule has 1 aromatic carbocycles. The Bertz CT molecular complexity index is 640. The number of rotatable bonds is 10. The van der Waals surface area contributed by atoms with Crippen molar-refractivity contribution < 1.29 is 18.3 Å². The highest BCUT2D eigenvalue weighted by molar-refractivity contribution is 5.70. The number of nitrogens with zero attached hydrogens (tertiary/aromatic N) is 2. The second kappa shape index (κ2) is 11.9. The number of benzene rings is 1. The lowest BCUT2D eigenvalue weighted by molar-refractivity contribution is 0.123. The lowest BCUT2D eigenvalue weighted by Crippen LogP contribution is -2.41. The second-order valence-corrected chi connectivity index (χ2v) is 8.16. The summed E-state index contributed by atoms with van der Waals surface area (Å²) in [6.45, 7) is 5.81. The van der Waals surface area contributed by atoms with Gasteiger partial charge in [0.1, 0.15) is 17.4 Å². The molecule has 1 amide bonds. The Morgan fingerprint density at radius 2 is 1.76 bits per heavy atom. The fourth-order valence-electron chi connectivity index (χ4n) is 4.03. The van der Waals surface area contributed by atoms with Gasteiger partial charge >= 0.3 is 6.09 Å². The summed E-state index contributed by atoms with van der Waals surface area (Å²) < 4.78 is 31.6. The molecule has 0 saturated heterocycles. The number of carbonyl (C=O) groups excluding carboxylic acids is 1. The van der Waals surface area contributed by atoms with E-state index in [0.717, 1.165) is 62.9 Å². The van der Waals surface area contributed by atoms with Crippen molar-refractivity contribution >= 4 is 6.09 Å². The molecule has 0 heterocycles. The van der Waals surface area contributed by atoms with Crippen molar-refractivity contribution in [2.75, 3.05) is 27.2 Å². The van der Waals surface area contributed by atoms with Crippen LogP contribution in [0.1, 0.15) is 51.4 Å². The maximum absolute atomic E-state index is 13.3. The summed E-state index contributed by atoms with van der Waals surface area (Å²) in [5, 5.41) is 0. The van der Waals surface area contributed by atoms with Crippen LogP contribution in [0.2, 0.25) is 0 Å². The van der Waals surface area contributed by atoms with E-state index in [2.05, 4.69) is 18.5 Å². The monoisotopic (exact) mass is 408 g/mol. The Morgan fingerprint density at radius 1 is 1.10 bits per heavy atom. The first kappa shape index (κ1) is 23.3. The SMILES string of the molecule is C=CCN(C)CCCCCC1CCC(N(C)C(=O)Oc2cc(F)cc(F)c2)CC1. The van der Waals surface area contributed by atoms with Crippen molar-refractivity contribution in [1.29, 1.82) is 0 Å². The molecule has 162 valence electrons. The van der Waals surface area contributed by atoms with Crippen LogP contribution in [-0.4, -0.2) is 49.1 Å². The van der Waals surface area contributed by atoms with Crippen molar-refractivity contribution in [2.45, 2.75) is 57.4 Å². The van der Waals surface area contributed by atoms with E-state index in [1.54, 1.807) is 11.9 Å². The summed E-state index contributed by atoms with van der Waals surface area (Å²) in [5.41, 5.74) is 0. The molecule has 0 aromatic heterocycles. The van der Waals surface area contributed by atoms with Crippen LogP contribution in [-0.2, 0) is 0 Å².